The molecular formula is C19H22ClN3O3. The minimum atomic E-state index is -0.605. The number of piperidine rings is 1. The van der Waals surface area contributed by atoms with Gasteiger partial charge in [-0.3, -0.25) is 9.59 Å². The van der Waals surface area contributed by atoms with E-state index in [0.717, 1.165) is 29.9 Å². The van der Waals surface area contributed by atoms with Gasteiger partial charge in [-0.05, 0) is 38.3 Å². The summed E-state index contributed by atoms with van der Waals surface area (Å²) in [5, 5.41) is 7.22. The van der Waals surface area contributed by atoms with E-state index >= 15 is 0 Å². The van der Waals surface area contributed by atoms with E-state index in [1.54, 1.807) is 11.0 Å². The minimum absolute atomic E-state index is 0.241. The molecule has 1 atom stereocenters. The Morgan fingerprint density at radius 2 is 2.00 bits per heavy atom. The Bertz CT molecular complexity index is 797. The van der Waals surface area contributed by atoms with Crippen molar-refractivity contribution < 1.29 is 14.1 Å². The molecule has 6 nitrogen and oxygen atoms in total. The molecule has 1 saturated heterocycles. The van der Waals surface area contributed by atoms with Crippen LogP contribution in [0.15, 0.2) is 34.9 Å². The Morgan fingerprint density at radius 1 is 1.31 bits per heavy atom. The summed E-state index contributed by atoms with van der Waals surface area (Å²) in [7, 11) is 0. The molecule has 0 aliphatic carbocycles. The zero-order valence-electron chi connectivity index (χ0n) is 14.9. The molecule has 7 heteroatoms. The zero-order chi connectivity index (χ0) is 18.7. The summed E-state index contributed by atoms with van der Waals surface area (Å²) in [6.07, 6.45) is 1.52. The van der Waals surface area contributed by atoms with Crippen LogP contribution in [0.4, 0.5) is 0 Å². The van der Waals surface area contributed by atoms with Gasteiger partial charge in [-0.15, -0.1) is 0 Å². The first-order chi connectivity index (χ1) is 12.5. The maximum Gasteiger partial charge on any atom is 0.311 e. The van der Waals surface area contributed by atoms with E-state index in [1.807, 2.05) is 38.1 Å². The molecule has 138 valence electrons. The van der Waals surface area contributed by atoms with Gasteiger partial charge in [0.2, 0.25) is 0 Å². The number of hydrogen-bond acceptors (Lipinski definition) is 4. The molecule has 1 N–H and O–H groups in total. The van der Waals surface area contributed by atoms with Gasteiger partial charge in [0, 0.05) is 30.1 Å². The molecule has 2 amide bonds. The van der Waals surface area contributed by atoms with E-state index in [2.05, 4.69) is 10.5 Å². The highest BCUT2D eigenvalue weighted by Gasteiger charge is 2.30. The summed E-state index contributed by atoms with van der Waals surface area (Å²) >= 11 is 6.15. The fourth-order valence-electron chi connectivity index (χ4n) is 3.25. The Hall–Kier alpha value is -2.34. The van der Waals surface area contributed by atoms with E-state index in [1.165, 1.54) is 0 Å². The van der Waals surface area contributed by atoms with Crippen molar-refractivity contribution in [1.82, 2.24) is 15.4 Å². The van der Waals surface area contributed by atoms with Gasteiger partial charge in [0.1, 0.15) is 5.76 Å². The fourth-order valence-corrected chi connectivity index (χ4v) is 3.55. The predicted octanol–water partition coefficient (Wildman–Crippen LogP) is 3.22. The highest BCUT2D eigenvalue weighted by Crippen LogP contribution is 2.28. The van der Waals surface area contributed by atoms with Crippen LogP contribution >= 0.6 is 11.6 Å². The van der Waals surface area contributed by atoms with Crippen molar-refractivity contribution in [3.63, 3.8) is 0 Å². The summed E-state index contributed by atoms with van der Waals surface area (Å²) in [5.74, 6) is -0.0146. The van der Waals surface area contributed by atoms with Crippen LogP contribution in [0.1, 0.15) is 48.7 Å². The summed E-state index contributed by atoms with van der Waals surface area (Å²) in [5.41, 5.74) is 1.64. The second kappa shape index (κ2) is 7.91. The van der Waals surface area contributed by atoms with Gasteiger partial charge >= 0.3 is 11.8 Å². The highest BCUT2D eigenvalue weighted by atomic mass is 35.5. The largest absolute Gasteiger partial charge is 0.361 e. The Labute approximate surface area is 157 Å². The summed E-state index contributed by atoms with van der Waals surface area (Å²) < 4.78 is 5.31. The highest BCUT2D eigenvalue weighted by molar-refractivity contribution is 6.35. The number of likely N-dealkylation sites (tertiary alicyclic amines) is 1. The van der Waals surface area contributed by atoms with Gasteiger partial charge < -0.3 is 14.7 Å². The van der Waals surface area contributed by atoms with Crippen LogP contribution in [0.2, 0.25) is 5.02 Å². The Kier molecular flexibility index (Phi) is 5.61. The summed E-state index contributed by atoms with van der Waals surface area (Å²) in [6, 6.07) is 8.86. The molecule has 0 radical (unpaired) electrons. The molecule has 1 unspecified atom stereocenters. The molecule has 3 rings (SSSR count). The average Bonchev–Trinajstić information content (AvgIpc) is 3.08. The van der Waals surface area contributed by atoms with Crippen LogP contribution < -0.4 is 5.32 Å². The summed E-state index contributed by atoms with van der Waals surface area (Å²) in [4.78, 5) is 26.4. The number of carbonyl (C=O) groups is 2. The van der Waals surface area contributed by atoms with Crippen LogP contribution in [-0.2, 0) is 9.59 Å². The first-order valence-electron chi connectivity index (χ1n) is 8.73. The van der Waals surface area contributed by atoms with Gasteiger partial charge in [0.15, 0.2) is 0 Å². The van der Waals surface area contributed by atoms with Crippen molar-refractivity contribution in [3.05, 3.63) is 52.4 Å². The Morgan fingerprint density at radius 3 is 2.62 bits per heavy atom. The lowest BCUT2D eigenvalue weighted by Gasteiger charge is -2.30. The van der Waals surface area contributed by atoms with E-state index in [9.17, 15) is 9.59 Å². The third-order valence-corrected chi connectivity index (χ3v) is 5.09. The van der Waals surface area contributed by atoms with Gasteiger partial charge in [0.05, 0.1) is 11.7 Å². The number of hydrogen-bond donors (Lipinski definition) is 1. The lowest BCUT2D eigenvalue weighted by molar-refractivity contribution is -0.146. The number of aromatic nitrogens is 1. The average molecular weight is 376 g/mol. The van der Waals surface area contributed by atoms with Gasteiger partial charge in [-0.2, -0.15) is 0 Å². The van der Waals surface area contributed by atoms with Crippen molar-refractivity contribution in [1.29, 1.82) is 0 Å². The third-order valence-electron chi connectivity index (χ3n) is 4.74. The van der Waals surface area contributed by atoms with Crippen LogP contribution in [0.5, 0.6) is 0 Å². The number of rotatable bonds is 3. The molecular weight excluding hydrogens is 354 g/mol. The molecule has 2 heterocycles. The minimum Gasteiger partial charge on any atom is -0.361 e. The quantitative estimate of drug-likeness (QED) is 0.836. The van der Waals surface area contributed by atoms with Crippen LogP contribution in [-0.4, -0.2) is 35.0 Å². The standard InChI is InChI=1S/C19H22ClN3O3/c1-12-11-17(26-22-12)14-7-9-23(10-8-14)19(25)18(24)21-13(2)15-5-3-4-6-16(15)20/h3-6,11,13-14H,7-10H2,1-2H3,(H,21,24). The van der Waals surface area contributed by atoms with Crippen LogP contribution in [0, 0.1) is 6.92 Å². The summed E-state index contributed by atoms with van der Waals surface area (Å²) in [6.45, 7) is 4.75. The fraction of sp³-hybridized carbons (Fsp3) is 0.421. The smallest absolute Gasteiger partial charge is 0.311 e. The lowest BCUT2D eigenvalue weighted by Crippen LogP contribution is -2.46. The van der Waals surface area contributed by atoms with Crippen molar-refractivity contribution in [2.45, 2.75) is 38.6 Å². The van der Waals surface area contributed by atoms with Gasteiger partial charge in [-0.25, -0.2) is 0 Å². The monoisotopic (exact) mass is 375 g/mol. The normalized spacial score (nSPS) is 16.3. The number of nitrogens with one attached hydrogen (secondary N) is 1. The molecule has 1 aromatic carbocycles. The second-order valence-electron chi connectivity index (χ2n) is 6.65. The van der Waals surface area contributed by atoms with E-state index in [4.69, 9.17) is 16.1 Å². The molecule has 1 aromatic heterocycles. The molecule has 0 saturated carbocycles. The maximum absolute atomic E-state index is 12.4. The van der Waals surface area contributed by atoms with E-state index in [-0.39, 0.29) is 12.0 Å². The number of halogens is 1. The first-order valence-corrected chi connectivity index (χ1v) is 9.11. The number of aryl methyl sites for hydroxylation is 1. The van der Waals surface area contributed by atoms with Crippen molar-refractivity contribution >= 4 is 23.4 Å². The Balaban J connectivity index is 1.54. The molecule has 2 aromatic rings. The first kappa shape index (κ1) is 18.5. The molecule has 26 heavy (non-hydrogen) atoms. The van der Waals surface area contributed by atoms with Crippen molar-refractivity contribution in [2.75, 3.05) is 13.1 Å². The van der Waals surface area contributed by atoms with E-state index < -0.39 is 11.8 Å². The van der Waals surface area contributed by atoms with Crippen LogP contribution in [0.3, 0.4) is 0 Å². The maximum atomic E-state index is 12.4. The van der Waals surface area contributed by atoms with Crippen LogP contribution in [0.25, 0.3) is 0 Å². The number of nitrogens with zero attached hydrogens (tertiary/aromatic N) is 2. The lowest BCUT2D eigenvalue weighted by atomic mass is 9.94. The van der Waals surface area contributed by atoms with Crippen molar-refractivity contribution in [3.8, 4) is 0 Å². The molecule has 0 bridgehead atoms. The number of carbonyl (C=O) groups excluding carboxylic acids is 2. The second-order valence-corrected chi connectivity index (χ2v) is 7.06. The zero-order valence-corrected chi connectivity index (χ0v) is 15.6. The van der Waals surface area contributed by atoms with E-state index in [0.29, 0.717) is 18.1 Å². The number of amides is 2. The van der Waals surface area contributed by atoms with Gasteiger partial charge in [0.25, 0.3) is 0 Å². The SMILES string of the molecule is Cc1cc(C2CCN(C(=O)C(=O)NC(C)c3ccccc3Cl)CC2)on1. The molecule has 1 aliphatic rings. The predicted molar refractivity (Wildman–Crippen MR) is 97.8 cm³/mol. The molecule has 0 spiro atoms. The van der Waals surface area contributed by atoms with Gasteiger partial charge in [-0.1, -0.05) is 35.0 Å². The van der Waals surface area contributed by atoms with Crippen molar-refractivity contribution in [2.24, 2.45) is 0 Å². The molecule has 1 aliphatic heterocycles. The topological polar surface area (TPSA) is 75.4 Å². The third kappa shape index (κ3) is 4.07. The molecule has 1 fully saturated rings. The number of benzene rings is 1.